The lowest BCUT2D eigenvalue weighted by molar-refractivity contribution is -0.118. The van der Waals surface area contributed by atoms with Gasteiger partial charge in [0, 0.05) is 23.1 Å². The molecular formula is C25H22O4. The number of benzene rings is 3. The number of hydrogen-bond acceptors (Lipinski definition) is 4. The van der Waals surface area contributed by atoms with Crippen molar-refractivity contribution < 1.29 is 19.5 Å². The fraction of sp³-hybridized carbons (Fsp3) is 0.160. The zero-order valence-corrected chi connectivity index (χ0v) is 16.0. The number of carbonyl (C=O) groups excluding carboxylic acids is 3. The zero-order chi connectivity index (χ0) is 20.6. The van der Waals surface area contributed by atoms with E-state index >= 15 is 0 Å². The SMILES string of the molecule is O=C(CCCc1ccc(O)cc1)CC(=O)c1ccc(C(=O)c2ccccc2)cc1. The van der Waals surface area contributed by atoms with E-state index < -0.39 is 0 Å². The number of aryl methyl sites for hydroxylation is 1. The molecule has 4 nitrogen and oxygen atoms in total. The first-order valence-electron chi connectivity index (χ1n) is 9.55. The van der Waals surface area contributed by atoms with Crippen LogP contribution in [0.25, 0.3) is 0 Å². The van der Waals surface area contributed by atoms with Crippen LogP contribution in [0.3, 0.4) is 0 Å². The van der Waals surface area contributed by atoms with Gasteiger partial charge in [0.25, 0.3) is 0 Å². The van der Waals surface area contributed by atoms with Crippen molar-refractivity contribution in [3.63, 3.8) is 0 Å². The third-order valence-corrected chi connectivity index (χ3v) is 4.72. The average Bonchev–Trinajstić information content (AvgIpc) is 2.75. The lowest BCUT2D eigenvalue weighted by Gasteiger charge is -2.05. The fourth-order valence-electron chi connectivity index (χ4n) is 3.09. The van der Waals surface area contributed by atoms with Crippen molar-refractivity contribution >= 4 is 17.3 Å². The van der Waals surface area contributed by atoms with Crippen LogP contribution in [-0.4, -0.2) is 22.5 Å². The number of Topliss-reactive ketones (excluding diaryl/α,β-unsaturated/α-hetero) is 2. The molecule has 146 valence electrons. The Bertz CT molecular complexity index is 987. The van der Waals surface area contributed by atoms with Gasteiger partial charge in [-0.15, -0.1) is 0 Å². The van der Waals surface area contributed by atoms with Gasteiger partial charge in [0.2, 0.25) is 0 Å². The van der Waals surface area contributed by atoms with Gasteiger partial charge in [-0.1, -0.05) is 66.7 Å². The van der Waals surface area contributed by atoms with Gasteiger partial charge in [-0.05, 0) is 30.5 Å². The Labute approximate surface area is 169 Å². The average molecular weight is 386 g/mol. The summed E-state index contributed by atoms with van der Waals surface area (Å²) in [5, 5.41) is 9.27. The minimum atomic E-state index is -0.238. The molecule has 0 amide bonds. The van der Waals surface area contributed by atoms with Crippen molar-refractivity contribution in [1.82, 2.24) is 0 Å². The predicted octanol–water partition coefficient (Wildman–Crippen LogP) is 4.79. The van der Waals surface area contributed by atoms with Crippen molar-refractivity contribution in [1.29, 1.82) is 0 Å². The summed E-state index contributed by atoms with van der Waals surface area (Å²) in [6, 6.07) is 22.3. The molecule has 0 aliphatic heterocycles. The van der Waals surface area contributed by atoms with E-state index in [2.05, 4.69) is 0 Å². The summed E-state index contributed by atoms with van der Waals surface area (Å²) >= 11 is 0. The largest absolute Gasteiger partial charge is 0.508 e. The Hall–Kier alpha value is -3.53. The molecule has 0 unspecified atom stereocenters. The second-order valence-electron chi connectivity index (χ2n) is 6.93. The van der Waals surface area contributed by atoms with Gasteiger partial charge >= 0.3 is 0 Å². The lowest BCUT2D eigenvalue weighted by Crippen LogP contribution is -2.09. The maximum atomic E-state index is 12.4. The normalized spacial score (nSPS) is 10.5. The molecule has 3 aromatic carbocycles. The molecule has 4 heteroatoms. The highest BCUT2D eigenvalue weighted by molar-refractivity contribution is 6.11. The monoisotopic (exact) mass is 386 g/mol. The highest BCUT2D eigenvalue weighted by Gasteiger charge is 2.14. The number of ketones is 3. The van der Waals surface area contributed by atoms with E-state index in [1.807, 2.05) is 18.2 Å². The maximum absolute atomic E-state index is 12.4. The van der Waals surface area contributed by atoms with Crippen LogP contribution in [0, 0.1) is 0 Å². The first kappa shape index (κ1) is 20.2. The van der Waals surface area contributed by atoms with E-state index in [9.17, 15) is 19.5 Å². The molecule has 0 radical (unpaired) electrons. The van der Waals surface area contributed by atoms with E-state index in [1.165, 1.54) is 0 Å². The van der Waals surface area contributed by atoms with Crippen LogP contribution in [0.4, 0.5) is 0 Å². The minimum Gasteiger partial charge on any atom is -0.508 e. The van der Waals surface area contributed by atoms with Crippen molar-refractivity contribution in [2.45, 2.75) is 25.7 Å². The molecule has 0 aromatic heterocycles. The summed E-state index contributed by atoms with van der Waals surface area (Å²) in [5.74, 6) is -0.224. The Morgan fingerprint density at radius 1 is 0.690 bits per heavy atom. The zero-order valence-electron chi connectivity index (χ0n) is 16.0. The molecule has 3 rings (SSSR count). The molecular weight excluding hydrogens is 364 g/mol. The second kappa shape index (κ2) is 9.60. The molecule has 0 aliphatic rings. The molecule has 0 saturated heterocycles. The van der Waals surface area contributed by atoms with E-state index in [0.717, 1.165) is 12.0 Å². The third kappa shape index (κ3) is 5.72. The van der Waals surface area contributed by atoms with Gasteiger partial charge < -0.3 is 5.11 Å². The number of phenols is 1. The smallest absolute Gasteiger partial charge is 0.193 e. The van der Waals surface area contributed by atoms with Gasteiger partial charge in [-0.2, -0.15) is 0 Å². The van der Waals surface area contributed by atoms with E-state index in [-0.39, 0.29) is 29.5 Å². The number of phenolic OH excluding ortho intramolecular Hbond substituents is 1. The molecule has 0 fully saturated rings. The summed E-state index contributed by atoms with van der Waals surface area (Å²) in [6.45, 7) is 0. The van der Waals surface area contributed by atoms with Crippen LogP contribution in [0.5, 0.6) is 5.75 Å². The van der Waals surface area contributed by atoms with Crippen LogP contribution in [0.15, 0.2) is 78.9 Å². The van der Waals surface area contributed by atoms with Gasteiger partial charge in [0.15, 0.2) is 11.6 Å². The number of hydrogen-bond donors (Lipinski definition) is 1. The van der Waals surface area contributed by atoms with Crippen LogP contribution >= 0.6 is 0 Å². The molecule has 1 N–H and O–H groups in total. The van der Waals surface area contributed by atoms with Crippen molar-refractivity contribution in [3.8, 4) is 5.75 Å². The summed E-state index contributed by atoms with van der Waals surface area (Å²) in [5.41, 5.74) is 2.57. The third-order valence-electron chi connectivity index (χ3n) is 4.72. The highest BCUT2D eigenvalue weighted by atomic mass is 16.3. The Kier molecular flexibility index (Phi) is 6.69. The molecule has 0 saturated carbocycles. The van der Waals surface area contributed by atoms with Crippen molar-refractivity contribution in [2.24, 2.45) is 0 Å². The molecule has 0 spiro atoms. The molecule has 29 heavy (non-hydrogen) atoms. The van der Waals surface area contributed by atoms with E-state index in [0.29, 0.717) is 29.5 Å². The van der Waals surface area contributed by atoms with Gasteiger partial charge in [0.1, 0.15) is 11.5 Å². The van der Waals surface area contributed by atoms with Crippen LogP contribution < -0.4 is 0 Å². The Morgan fingerprint density at radius 3 is 1.93 bits per heavy atom. The Morgan fingerprint density at radius 2 is 1.28 bits per heavy atom. The first-order chi connectivity index (χ1) is 14.0. The molecule has 0 aliphatic carbocycles. The maximum Gasteiger partial charge on any atom is 0.193 e. The molecule has 0 atom stereocenters. The van der Waals surface area contributed by atoms with E-state index in [1.54, 1.807) is 60.7 Å². The highest BCUT2D eigenvalue weighted by Crippen LogP contribution is 2.14. The summed E-state index contributed by atoms with van der Waals surface area (Å²) in [4.78, 5) is 36.9. The summed E-state index contributed by atoms with van der Waals surface area (Å²) < 4.78 is 0. The standard InChI is InChI=1S/C25H22O4/c26-22-15-9-18(10-16-22)5-4-8-23(27)17-24(28)19-11-13-21(14-12-19)25(29)20-6-2-1-3-7-20/h1-3,6-7,9-16,26H,4-5,8,17H2. The van der Waals surface area contributed by atoms with Gasteiger partial charge in [-0.3, -0.25) is 14.4 Å². The summed E-state index contributed by atoms with van der Waals surface area (Å²) in [7, 11) is 0. The molecule has 0 heterocycles. The predicted molar refractivity (Wildman–Crippen MR) is 111 cm³/mol. The number of rotatable bonds is 9. The second-order valence-corrected chi connectivity index (χ2v) is 6.93. The van der Waals surface area contributed by atoms with Crippen LogP contribution in [0.1, 0.15) is 51.1 Å². The van der Waals surface area contributed by atoms with Crippen LogP contribution in [-0.2, 0) is 11.2 Å². The van der Waals surface area contributed by atoms with Crippen molar-refractivity contribution in [2.75, 3.05) is 0 Å². The Balaban J connectivity index is 1.50. The number of aromatic hydroxyl groups is 1. The minimum absolute atomic E-state index is 0.0989. The fourth-order valence-corrected chi connectivity index (χ4v) is 3.09. The molecule has 0 bridgehead atoms. The summed E-state index contributed by atoms with van der Waals surface area (Å²) in [6.07, 6.45) is 1.57. The molecule has 3 aromatic rings. The lowest BCUT2D eigenvalue weighted by atomic mass is 9.98. The van der Waals surface area contributed by atoms with Gasteiger partial charge in [0.05, 0.1) is 6.42 Å². The van der Waals surface area contributed by atoms with Crippen molar-refractivity contribution in [3.05, 3.63) is 101 Å². The quantitative estimate of drug-likeness (QED) is 0.424. The number of carbonyl (C=O) groups is 3. The van der Waals surface area contributed by atoms with Crippen LogP contribution in [0.2, 0.25) is 0 Å². The topological polar surface area (TPSA) is 71.4 Å². The van der Waals surface area contributed by atoms with E-state index in [4.69, 9.17) is 0 Å². The van der Waals surface area contributed by atoms with Gasteiger partial charge in [-0.25, -0.2) is 0 Å². The first-order valence-corrected chi connectivity index (χ1v) is 9.55.